The van der Waals surface area contributed by atoms with Crippen molar-refractivity contribution in [1.29, 1.82) is 0 Å². The largest absolute Gasteiger partial charge is 0.394 e. The van der Waals surface area contributed by atoms with Gasteiger partial charge in [-0.2, -0.15) is 0 Å². The molecule has 2 aromatic rings. The molecule has 1 aromatic carbocycles. The van der Waals surface area contributed by atoms with Crippen LogP contribution in [0.15, 0.2) is 30.5 Å². The van der Waals surface area contributed by atoms with E-state index >= 15 is 0 Å². The van der Waals surface area contributed by atoms with E-state index in [2.05, 4.69) is 15.3 Å². The number of nitrogens with one attached hydrogen (secondary N) is 2. The van der Waals surface area contributed by atoms with Crippen LogP contribution < -0.4 is 5.32 Å². The van der Waals surface area contributed by atoms with Crippen molar-refractivity contribution in [3.05, 3.63) is 41.9 Å². The lowest BCUT2D eigenvalue weighted by Crippen LogP contribution is -2.33. The van der Waals surface area contributed by atoms with Gasteiger partial charge in [-0.3, -0.25) is 4.79 Å². The minimum Gasteiger partial charge on any atom is -0.394 e. The van der Waals surface area contributed by atoms with Gasteiger partial charge in [-0.15, -0.1) is 0 Å². The molecule has 0 saturated carbocycles. The summed E-state index contributed by atoms with van der Waals surface area (Å²) in [6.07, 6.45) is 0.763. The van der Waals surface area contributed by atoms with Crippen LogP contribution in [-0.2, 0) is 0 Å². The van der Waals surface area contributed by atoms with Crippen LogP contribution in [0.25, 0.3) is 11.3 Å². The van der Waals surface area contributed by atoms with Gasteiger partial charge in [0.05, 0.1) is 24.6 Å². The highest BCUT2D eigenvalue weighted by Gasteiger charge is 2.10. The van der Waals surface area contributed by atoms with Crippen molar-refractivity contribution in [2.24, 2.45) is 0 Å². The molecule has 0 aliphatic heterocycles. The lowest BCUT2D eigenvalue weighted by molar-refractivity contribution is 0.0802. The number of aliphatic hydroxyl groups is 2. The lowest BCUT2D eigenvalue weighted by Gasteiger charge is -2.09. The summed E-state index contributed by atoms with van der Waals surface area (Å²) in [5.41, 5.74) is 2.19. The predicted octanol–water partition coefficient (Wildman–Crippen LogP) is 0.468. The average molecular weight is 275 g/mol. The smallest absolute Gasteiger partial charge is 0.251 e. The number of carbonyl (C=O) groups is 1. The van der Waals surface area contributed by atoms with Crippen molar-refractivity contribution in [1.82, 2.24) is 15.3 Å². The second-order valence-corrected chi connectivity index (χ2v) is 4.51. The van der Waals surface area contributed by atoms with Crippen molar-refractivity contribution in [2.75, 3.05) is 13.2 Å². The summed E-state index contributed by atoms with van der Waals surface area (Å²) < 4.78 is 0. The zero-order valence-corrected chi connectivity index (χ0v) is 11.1. The summed E-state index contributed by atoms with van der Waals surface area (Å²) in [5, 5.41) is 20.5. The fraction of sp³-hybridized carbons (Fsp3) is 0.286. The molecule has 6 heteroatoms. The zero-order chi connectivity index (χ0) is 14.5. The van der Waals surface area contributed by atoms with Gasteiger partial charge >= 0.3 is 0 Å². The molecule has 1 unspecified atom stereocenters. The summed E-state index contributed by atoms with van der Waals surface area (Å²) >= 11 is 0. The Labute approximate surface area is 116 Å². The van der Waals surface area contributed by atoms with Crippen LogP contribution in [0.3, 0.4) is 0 Å². The van der Waals surface area contributed by atoms with E-state index < -0.39 is 6.10 Å². The number of aromatic amines is 1. The highest BCUT2D eigenvalue weighted by Crippen LogP contribution is 2.18. The van der Waals surface area contributed by atoms with Crippen LogP contribution in [0.4, 0.5) is 0 Å². The highest BCUT2D eigenvalue weighted by atomic mass is 16.3. The minimum absolute atomic E-state index is 0.0166. The quantitative estimate of drug-likeness (QED) is 0.637. The molecular formula is C14H17N3O3. The maximum absolute atomic E-state index is 11.9. The first-order valence-corrected chi connectivity index (χ1v) is 6.29. The third kappa shape index (κ3) is 3.43. The van der Waals surface area contributed by atoms with E-state index in [4.69, 9.17) is 5.11 Å². The first kappa shape index (κ1) is 14.2. The van der Waals surface area contributed by atoms with E-state index in [9.17, 15) is 9.90 Å². The molecule has 0 spiro atoms. The predicted molar refractivity (Wildman–Crippen MR) is 74.2 cm³/mol. The molecule has 1 aromatic heterocycles. The maximum atomic E-state index is 11.9. The fourth-order valence-corrected chi connectivity index (χ4v) is 1.77. The zero-order valence-electron chi connectivity index (χ0n) is 11.1. The molecule has 1 amide bonds. The number of benzene rings is 1. The van der Waals surface area contributed by atoms with Gasteiger partial charge in [-0.25, -0.2) is 4.98 Å². The van der Waals surface area contributed by atoms with Gasteiger partial charge in [0.1, 0.15) is 5.82 Å². The average Bonchev–Trinajstić information content (AvgIpc) is 2.91. The van der Waals surface area contributed by atoms with Gasteiger partial charge in [-0.05, 0) is 19.1 Å². The van der Waals surface area contributed by atoms with E-state index in [1.807, 2.05) is 13.0 Å². The van der Waals surface area contributed by atoms with Gasteiger partial charge in [-0.1, -0.05) is 12.1 Å². The summed E-state index contributed by atoms with van der Waals surface area (Å²) in [7, 11) is 0. The molecule has 20 heavy (non-hydrogen) atoms. The Kier molecular flexibility index (Phi) is 4.49. The lowest BCUT2D eigenvalue weighted by atomic mass is 10.1. The summed E-state index contributed by atoms with van der Waals surface area (Å²) in [6.45, 7) is 1.49. The van der Waals surface area contributed by atoms with Gasteiger partial charge in [0.25, 0.3) is 5.91 Å². The number of aromatic nitrogens is 2. The fourth-order valence-electron chi connectivity index (χ4n) is 1.77. The van der Waals surface area contributed by atoms with Gasteiger partial charge in [0.2, 0.25) is 0 Å². The standard InChI is InChI=1S/C14H17N3O3/c1-9-15-7-13(17-9)10-3-2-4-11(5-10)14(20)16-6-12(19)8-18/h2-5,7,12,18-19H,6,8H2,1H3,(H,15,17)(H,16,20). The second-order valence-electron chi connectivity index (χ2n) is 4.51. The SMILES string of the molecule is Cc1ncc(-c2cccc(C(=O)NCC(O)CO)c2)[nH]1. The maximum Gasteiger partial charge on any atom is 0.251 e. The van der Waals surface area contributed by atoms with E-state index in [1.54, 1.807) is 24.4 Å². The third-order valence-corrected chi connectivity index (χ3v) is 2.85. The monoisotopic (exact) mass is 275 g/mol. The number of nitrogens with zero attached hydrogens (tertiary/aromatic N) is 1. The molecule has 6 nitrogen and oxygen atoms in total. The summed E-state index contributed by atoms with van der Waals surface area (Å²) in [6, 6.07) is 7.09. The van der Waals surface area contributed by atoms with Crippen LogP contribution in [0, 0.1) is 6.92 Å². The first-order chi connectivity index (χ1) is 9.60. The van der Waals surface area contributed by atoms with E-state index in [1.165, 1.54) is 0 Å². The number of rotatable bonds is 5. The molecule has 1 atom stereocenters. The molecule has 1 heterocycles. The van der Waals surface area contributed by atoms with Crippen molar-refractivity contribution in [3.8, 4) is 11.3 Å². The van der Waals surface area contributed by atoms with E-state index in [0.717, 1.165) is 17.1 Å². The Hall–Kier alpha value is -2.18. The molecule has 0 bridgehead atoms. The third-order valence-electron chi connectivity index (χ3n) is 2.85. The van der Waals surface area contributed by atoms with E-state index in [-0.39, 0.29) is 19.1 Å². The molecular weight excluding hydrogens is 258 g/mol. The van der Waals surface area contributed by atoms with Crippen molar-refractivity contribution in [3.63, 3.8) is 0 Å². The normalized spacial score (nSPS) is 12.2. The molecule has 2 rings (SSSR count). The van der Waals surface area contributed by atoms with Crippen molar-refractivity contribution < 1.29 is 15.0 Å². The van der Waals surface area contributed by atoms with Gasteiger partial charge in [0.15, 0.2) is 0 Å². The van der Waals surface area contributed by atoms with Gasteiger partial charge in [0, 0.05) is 17.7 Å². The summed E-state index contributed by atoms with van der Waals surface area (Å²) in [5.74, 6) is 0.511. The topological polar surface area (TPSA) is 98.2 Å². The Morgan fingerprint density at radius 2 is 2.30 bits per heavy atom. The molecule has 0 aliphatic carbocycles. The van der Waals surface area contributed by atoms with Crippen molar-refractivity contribution >= 4 is 5.91 Å². The Balaban J connectivity index is 2.11. The van der Waals surface area contributed by atoms with Crippen molar-refractivity contribution in [2.45, 2.75) is 13.0 Å². The Bertz CT molecular complexity index is 595. The highest BCUT2D eigenvalue weighted by molar-refractivity contribution is 5.95. The number of hydrogen-bond donors (Lipinski definition) is 4. The number of hydrogen-bond acceptors (Lipinski definition) is 4. The van der Waals surface area contributed by atoms with Crippen LogP contribution >= 0.6 is 0 Å². The number of carbonyl (C=O) groups excluding carboxylic acids is 1. The van der Waals surface area contributed by atoms with Crippen LogP contribution in [0.5, 0.6) is 0 Å². The number of imidazole rings is 1. The molecule has 0 saturated heterocycles. The Morgan fingerprint density at radius 1 is 1.50 bits per heavy atom. The molecule has 0 aliphatic rings. The van der Waals surface area contributed by atoms with Crippen LogP contribution in [0.1, 0.15) is 16.2 Å². The second kappa shape index (κ2) is 6.31. The van der Waals surface area contributed by atoms with Crippen LogP contribution in [0.2, 0.25) is 0 Å². The first-order valence-electron chi connectivity index (χ1n) is 6.29. The molecule has 106 valence electrons. The van der Waals surface area contributed by atoms with Crippen LogP contribution in [-0.4, -0.2) is 45.3 Å². The molecule has 4 N–H and O–H groups in total. The number of amides is 1. The number of aryl methyl sites for hydroxylation is 1. The Morgan fingerprint density at radius 3 is 2.95 bits per heavy atom. The number of aliphatic hydroxyl groups excluding tert-OH is 2. The molecule has 0 radical (unpaired) electrons. The summed E-state index contributed by atoms with van der Waals surface area (Å²) in [4.78, 5) is 19.1. The van der Waals surface area contributed by atoms with E-state index in [0.29, 0.717) is 5.56 Å². The van der Waals surface area contributed by atoms with Gasteiger partial charge < -0.3 is 20.5 Å². The minimum atomic E-state index is -0.947. The molecule has 0 fully saturated rings. The number of H-pyrrole nitrogens is 1.